The number of pyridine rings is 1. The van der Waals surface area contributed by atoms with E-state index in [4.69, 9.17) is 16.3 Å². The summed E-state index contributed by atoms with van der Waals surface area (Å²) in [6.07, 6.45) is -6.52. The summed E-state index contributed by atoms with van der Waals surface area (Å²) in [5, 5.41) is 22.4. The Morgan fingerprint density at radius 1 is 1.31 bits per heavy atom. The van der Waals surface area contributed by atoms with E-state index >= 15 is 4.39 Å². The number of ether oxygens (including phenoxy) is 1. The molecule has 3 fully saturated rings. The number of aromatic nitrogens is 1. The van der Waals surface area contributed by atoms with Crippen LogP contribution in [-0.4, -0.2) is 96.2 Å². The Morgan fingerprint density at radius 3 is 2.51 bits per heavy atom. The van der Waals surface area contributed by atoms with Gasteiger partial charge in [0.25, 0.3) is 0 Å². The van der Waals surface area contributed by atoms with Crippen molar-refractivity contribution in [2.75, 3.05) is 26.7 Å². The largest absolute Gasteiger partial charge is 0.481 e. The van der Waals surface area contributed by atoms with Crippen LogP contribution < -0.4 is 10.1 Å². The molecule has 17 heteroatoms. The monoisotopic (exact) mass is 737 g/mol. The fraction of sp³-hybridized carbons (Fsp3) is 0.536. The zero-order valence-corrected chi connectivity index (χ0v) is 27.1. The van der Waals surface area contributed by atoms with Crippen molar-refractivity contribution in [1.29, 1.82) is 5.26 Å². The van der Waals surface area contributed by atoms with Gasteiger partial charge in [-0.3, -0.25) is 14.7 Å². The molecule has 10 nitrogen and oxygen atoms in total. The molecule has 0 bridgehead atoms. The van der Waals surface area contributed by atoms with Gasteiger partial charge in [0.1, 0.15) is 23.3 Å². The van der Waals surface area contributed by atoms with Crippen LogP contribution in [0.4, 0.5) is 17.6 Å². The molecule has 244 valence electrons. The molecule has 1 amide bonds. The van der Waals surface area contributed by atoms with Gasteiger partial charge in [0.15, 0.2) is 15.9 Å². The van der Waals surface area contributed by atoms with E-state index in [1.807, 2.05) is 11.0 Å². The fourth-order valence-electron chi connectivity index (χ4n) is 5.97. The quantitative estimate of drug-likeness (QED) is 0.371. The summed E-state index contributed by atoms with van der Waals surface area (Å²) < 4.78 is 87.2. The number of likely N-dealkylation sites (N-methyl/N-ethyl adjacent to an activating group) is 1. The van der Waals surface area contributed by atoms with Crippen LogP contribution in [0.2, 0.25) is 5.02 Å². The van der Waals surface area contributed by atoms with Crippen LogP contribution in [0.3, 0.4) is 0 Å². The van der Waals surface area contributed by atoms with Crippen LogP contribution >= 0.6 is 27.5 Å². The second kappa shape index (κ2) is 11.9. The van der Waals surface area contributed by atoms with Crippen LogP contribution in [0, 0.1) is 17.1 Å². The van der Waals surface area contributed by atoms with Gasteiger partial charge in [0.2, 0.25) is 5.91 Å². The van der Waals surface area contributed by atoms with Crippen molar-refractivity contribution in [1.82, 2.24) is 20.1 Å². The van der Waals surface area contributed by atoms with Gasteiger partial charge in [-0.2, -0.15) is 18.4 Å². The zero-order chi connectivity index (χ0) is 33.1. The summed E-state index contributed by atoms with van der Waals surface area (Å²) in [5.41, 5.74) is -2.47. The first kappa shape index (κ1) is 33.8. The predicted molar refractivity (Wildman–Crippen MR) is 156 cm³/mol. The number of aliphatic hydroxyl groups is 1. The molecule has 0 spiro atoms. The summed E-state index contributed by atoms with van der Waals surface area (Å²) in [6.45, 7) is 0.717. The first-order valence-electron chi connectivity index (χ1n) is 13.9. The second-order valence-electron chi connectivity index (χ2n) is 11.9. The zero-order valence-electron chi connectivity index (χ0n) is 24.0. The normalized spacial score (nSPS) is 24.3. The molecule has 1 unspecified atom stereocenters. The number of amides is 1. The standard InChI is InChI=1S/C28H29BrClF4N5O5S/c1-15(28(32,33)34)44-17-3-4-22(19(30)8-17)45(42,43)18-9-21(24(40)37-26(12-35)5-6-26)39(11-18)25(41)27(13-38(2)14-27)23-20(31)7-16(29)10-36-23/h3-4,7-8,10,15,18,21,25,41H,5-6,9,11,13-14H2,1-2H3,(H,37,40)/t15-,18+,21-,25?/m0/s1. The lowest BCUT2D eigenvalue weighted by atomic mass is 9.74. The third-order valence-corrected chi connectivity index (χ3v) is 11.6. The number of likely N-dealkylation sites (tertiary alicyclic amines) is 2. The molecule has 1 aromatic carbocycles. The predicted octanol–water partition coefficient (Wildman–Crippen LogP) is 3.56. The van der Waals surface area contributed by atoms with Gasteiger partial charge in [-0.25, -0.2) is 12.8 Å². The van der Waals surface area contributed by atoms with Crippen LogP contribution in [-0.2, 0) is 20.0 Å². The Bertz CT molecular complexity index is 1650. The van der Waals surface area contributed by atoms with Gasteiger partial charge in [0.05, 0.1) is 38.4 Å². The van der Waals surface area contributed by atoms with Gasteiger partial charge in [-0.05, 0) is 67.4 Å². The van der Waals surface area contributed by atoms with Crippen LogP contribution in [0.1, 0.15) is 31.9 Å². The number of rotatable bonds is 9. The van der Waals surface area contributed by atoms with Crippen molar-refractivity contribution < 1.29 is 40.6 Å². The van der Waals surface area contributed by atoms with Crippen LogP contribution in [0.5, 0.6) is 5.75 Å². The Labute approximate surface area is 270 Å². The van der Waals surface area contributed by atoms with E-state index in [0.29, 0.717) is 17.3 Å². The molecule has 2 N–H and O–H groups in total. The molecule has 3 aliphatic rings. The van der Waals surface area contributed by atoms with E-state index in [0.717, 1.165) is 25.1 Å². The highest BCUT2D eigenvalue weighted by Gasteiger charge is 2.58. The lowest BCUT2D eigenvalue weighted by Gasteiger charge is -2.53. The summed E-state index contributed by atoms with van der Waals surface area (Å²) in [4.78, 5) is 20.5. The Balaban J connectivity index is 1.48. The van der Waals surface area contributed by atoms with Gasteiger partial charge in [-0.1, -0.05) is 11.6 Å². The summed E-state index contributed by atoms with van der Waals surface area (Å²) in [7, 11) is -2.60. The number of hydrogen-bond acceptors (Lipinski definition) is 9. The number of carbonyl (C=O) groups excluding carboxylic acids is 1. The summed E-state index contributed by atoms with van der Waals surface area (Å²) in [6, 6.07) is 5.06. The number of aliphatic hydroxyl groups excluding tert-OH is 1. The lowest BCUT2D eigenvalue weighted by Crippen LogP contribution is -2.69. The van der Waals surface area contributed by atoms with Gasteiger partial charge in [0, 0.05) is 36.4 Å². The van der Waals surface area contributed by atoms with Crippen molar-refractivity contribution >= 4 is 43.3 Å². The molecular formula is C28H29BrClF4N5O5S. The number of hydrogen-bond donors (Lipinski definition) is 2. The van der Waals surface area contributed by atoms with Crippen molar-refractivity contribution in [3.63, 3.8) is 0 Å². The highest BCUT2D eigenvalue weighted by molar-refractivity contribution is 9.10. The van der Waals surface area contributed by atoms with E-state index in [-0.39, 0.29) is 42.5 Å². The minimum atomic E-state index is -4.66. The lowest BCUT2D eigenvalue weighted by molar-refractivity contribution is -0.189. The smallest absolute Gasteiger partial charge is 0.425 e. The molecular weight excluding hydrogens is 710 g/mol. The molecule has 45 heavy (non-hydrogen) atoms. The maximum Gasteiger partial charge on any atom is 0.425 e. The molecule has 3 heterocycles. The van der Waals surface area contributed by atoms with Crippen molar-refractivity contribution in [3.8, 4) is 11.8 Å². The van der Waals surface area contributed by atoms with Crippen LogP contribution in [0.15, 0.2) is 39.8 Å². The van der Waals surface area contributed by atoms with Gasteiger partial charge >= 0.3 is 6.18 Å². The minimum absolute atomic E-state index is 0.0517. The highest BCUT2D eigenvalue weighted by Crippen LogP contribution is 2.43. The molecule has 0 radical (unpaired) electrons. The topological polar surface area (TPSA) is 136 Å². The van der Waals surface area contributed by atoms with E-state index < -0.39 is 67.2 Å². The van der Waals surface area contributed by atoms with Crippen LogP contribution in [0.25, 0.3) is 0 Å². The third-order valence-electron chi connectivity index (χ3n) is 8.54. The highest BCUT2D eigenvalue weighted by atomic mass is 79.9. The number of nitrogens with zero attached hydrogens (tertiary/aromatic N) is 4. The maximum absolute atomic E-state index is 15.2. The maximum atomic E-state index is 15.2. The molecule has 4 atom stereocenters. The Kier molecular flexibility index (Phi) is 8.95. The number of halogens is 6. The second-order valence-corrected chi connectivity index (χ2v) is 15.4. The summed E-state index contributed by atoms with van der Waals surface area (Å²) in [5.74, 6) is -1.67. The average Bonchev–Trinajstić information content (AvgIpc) is 3.55. The molecule has 5 rings (SSSR count). The SMILES string of the molecule is C[C@H](Oc1ccc(S(=O)(=O)[C@@H]2C[C@@H](C(=O)NC3(C#N)CC3)N(C(O)C3(c4ncc(Br)cc4F)CN(C)C3)C2)c(Cl)c1)C(F)(F)F. The first-order chi connectivity index (χ1) is 20.9. The van der Waals surface area contributed by atoms with E-state index in [1.165, 1.54) is 17.2 Å². The van der Waals surface area contributed by atoms with Gasteiger partial charge in [-0.15, -0.1) is 0 Å². The number of nitrogens with one attached hydrogen (secondary N) is 1. The minimum Gasteiger partial charge on any atom is -0.481 e. The number of alkyl halides is 3. The van der Waals surface area contributed by atoms with Crippen molar-refractivity contribution in [3.05, 3.63) is 51.5 Å². The number of nitriles is 1. The Hall–Kier alpha value is -2.55. The molecule has 2 aromatic rings. The average molecular weight is 739 g/mol. The van der Waals surface area contributed by atoms with E-state index in [1.54, 1.807) is 7.05 Å². The third kappa shape index (κ3) is 6.39. The molecule has 2 saturated heterocycles. The molecule has 1 saturated carbocycles. The fourth-order valence-corrected chi connectivity index (χ4v) is 8.52. The Morgan fingerprint density at radius 2 is 1.98 bits per heavy atom. The first-order valence-corrected chi connectivity index (χ1v) is 16.6. The van der Waals surface area contributed by atoms with E-state index in [2.05, 4.69) is 26.2 Å². The number of sulfone groups is 1. The molecule has 1 aromatic heterocycles. The molecule has 2 aliphatic heterocycles. The van der Waals surface area contributed by atoms with Gasteiger partial charge < -0.3 is 20.1 Å². The number of carbonyl (C=O) groups is 1. The molecule has 1 aliphatic carbocycles. The van der Waals surface area contributed by atoms with E-state index in [9.17, 15) is 36.8 Å². The number of benzene rings is 1. The van der Waals surface area contributed by atoms with Crippen molar-refractivity contribution in [2.24, 2.45) is 0 Å². The summed E-state index contributed by atoms with van der Waals surface area (Å²) >= 11 is 9.42. The van der Waals surface area contributed by atoms with Crippen molar-refractivity contribution in [2.45, 2.75) is 71.8 Å².